The van der Waals surface area contributed by atoms with Crippen molar-refractivity contribution in [1.82, 2.24) is 0 Å². The zero-order chi connectivity index (χ0) is 13.9. The maximum absolute atomic E-state index is 11.9. The standard InChI is InChI=1S/C17H11ClO2/c18-15-9-6-12(7-10-15)5-8-14-11-13-3-1-2-4-16(13)20-17(14)19/h1-11H/b8-5+. The van der Waals surface area contributed by atoms with Gasteiger partial charge in [-0.05, 0) is 35.9 Å². The fourth-order valence-corrected chi connectivity index (χ4v) is 2.08. The second-order valence-corrected chi connectivity index (χ2v) is 4.85. The summed E-state index contributed by atoms with van der Waals surface area (Å²) in [6.45, 7) is 0. The van der Waals surface area contributed by atoms with E-state index >= 15 is 0 Å². The molecule has 98 valence electrons. The Morgan fingerprint density at radius 3 is 2.50 bits per heavy atom. The van der Waals surface area contributed by atoms with E-state index in [1.807, 2.05) is 54.6 Å². The van der Waals surface area contributed by atoms with Gasteiger partial charge in [0, 0.05) is 10.4 Å². The summed E-state index contributed by atoms with van der Waals surface area (Å²) in [6, 6.07) is 16.7. The third-order valence-corrected chi connectivity index (χ3v) is 3.25. The molecule has 20 heavy (non-hydrogen) atoms. The molecule has 0 aliphatic carbocycles. The number of para-hydroxylation sites is 1. The van der Waals surface area contributed by atoms with Gasteiger partial charge in [0.25, 0.3) is 0 Å². The van der Waals surface area contributed by atoms with Crippen LogP contribution >= 0.6 is 11.6 Å². The summed E-state index contributed by atoms with van der Waals surface area (Å²) in [5.74, 6) is 0. The van der Waals surface area contributed by atoms with Gasteiger partial charge in [-0.1, -0.05) is 48.0 Å². The van der Waals surface area contributed by atoms with Crippen LogP contribution in [0, 0.1) is 0 Å². The lowest BCUT2D eigenvalue weighted by atomic mass is 10.1. The van der Waals surface area contributed by atoms with E-state index < -0.39 is 0 Å². The maximum Gasteiger partial charge on any atom is 0.343 e. The smallest absolute Gasteiger partial charge is 0.343 e. The summed E-state index contributed by atoms with van der Waals surface area (Å²) in [7, 11) is 0. The molecule has 0 spiro atoms. The third-order valence-electron chi connectivity index (χ3n) is 2.99. The largest absolute Gasteiger partial charge is 0.422 e. The molecule has 0 amide bonds. The van der Waals surface area contributed by atoms with Crippen molar-refractivity contribution < 1.29 is 4.42 Å². The molecule has 0 N–H and O–H groups in total. The minimum atomic E-state index is -0.339. The first kappa shape index (κ1) is 12.7. The molecule has 1 heterocycles. The summed E-state index contributed by atoms with van der Waals surface area (Å²) < 4.78 is 5.27. The van der Waals surface area contributed by atoms with Crippen LogP contribution in [-0.4, -0.2) is 0 Å². The van der Waals surface area contributed by atoms with E-state index in [2.05, 4.69) is 0 Å². The zero-order valence-corrected chi connectivity index (χ0v) is 11.3. The minimum Gasteiger partial charge on any atom is -0.422 e. The molecule has 0 atom stereocenters. The summed E-state index contributed by atoms with van der Waals surface area (Å²) in [5.41, 5.74) is 1.76. The molecule has 0 radical (unpaired) electrons. The summed E-state index contributed by atoms with van der Waals surface area (Å²) in [5, 5.41) is 1.59. The number of fused-ring (bicyclic) bond motifs is 1. The van der Waals surface area contributed by atoms with Crippen molar-refractivity contribution in [3.8, 4) is 0 Å². The first-order valence-electron chi connectivity index (χ1n) is 6.19. The lowest BCUT2D eigenvalue weighted by Gasteiger charge is -1.98. The van der Waals surface area contributed by atoms with Crippen LogP contribution in [0.25, 0.3) is 23.1 Å². The van der Waals surface area contributed by atoms with Crippen molar-refractivity contribution in [2.24, 2.45) is 0 Å². The predicted molar refractivity (Wildman–Crippen MR) is 82.9 cm³/mol. The summed E-state index contributed by atoms with van der Waals surface area (Å²) >= 11 is 5.83. The van der Waals surface area contributed by atoms with E-state index in [1.54, 1.807) is 12.1 Å². The van der Waals surface area contributed by atoms with Crippen LogP contribution in [0.4, 0.5) is 0 Å². The molecule has 3 heteroatoms. The molecular weight excluding hydrogens is 272 g/mol. The lowest BCUT2D eigenvalue weighted by molar-refractivity contribution is 0.559. The SMILES string of the molecule is O=c1oc2ccccc2cc1/C=C/c1ccc(Cl)cc1. The van der Waals surface area contributed by atoms with E-state index in [-0.39, 0.29) is 5.63 Å². The van der Waals surface area contributed by atoms with Gasteiger partial charge >= 0.3 is 5.63 Å². The molecule has 0 aliphatic heterocycles. The zero-order valence-electron chi connectivity index (χ0n) is 10.5. The van der Waals surface area contributed by atoms with Crippen molar-refractivity contribution in [2.45, 2.75) is 0 Å². The fourth-order valence-electron chi connectivity index (χ4n) is 1.95. The number of hydrogen-bond donors (Lipinski definition) is 0. The van der Waals surface area contributed by atoms with Gasteiger partial charge in [-0.25, -0.2) is 4.79 Å². The molecule has 2 aromatic carbocycles. The van der Waals surface area contributed by atoms with E-state index in [9.17, 15) is 4.79 Å². The van der Waals surface area contributed by atoms with Crippen molar-refractivity contribution in [2.75, 3.05) is 0 Å². The first-order valence-corrected chi connectivity index (χ1v) is 6.57. The maximum atomic E-state index is 11.9. The van der Waals surface area contributed by atoms with E-state index in [0.717, 1.165) is 10.9 Å². The molecule has 0 saturated heterocycles. The summed E-state index contributed by atoms with van der Waals surface area (Å²) in [4.78, 5) is 11.9. The van der Waals surface area contributed by atoms with Gasteiger partial charge in [-0.15, -0.1) is 0 Å². The third kappa shape index (κ3) is 2.65. The quantitative estimate of drug-likeness (QED) is 0.642. The fraction of sp³-hybridized carbons (Fsp3) is 0. The molecule has 3 rings (SSSR count). The van der Waals surface area contributed by atoms with Crippen LogP contribution in [0.5, 0.6) is 0 Å². The second kappa shape index (κ2) is 5.35. The first-order chi connectivity index (χ1) is 9.72. The van der Waals surface area contributed by atoms with Gasteiger partial charge in [0.1, 0.15) is 5.58 Å². The van der Waals surface area contributed by atoms with Gasteiger partial charge in [-0.3, -0.25) is 0 Å². The van der Waals surface area contributed by atoms with Crippen molar-refractivity contribution >= 4 is 34.7 Å². The van der Waals surface area contributed by atoms with Gasteiger partial charge in [0.15, 0.2) is 0 Å². The van der Waals surface area contributed by atoms with Crippen LogP contribution in [0.2, 0.25) is 5.02 Å². The Morgan fingerprint density at radius 2 is 1.70 bits per heavy atom. The number of halogens is 1. The molecule has 3 aromatic rings. The molecule has 2 nitrogen and oxygen atoms in total. The van der Waals surface area contributed by atoms with E-state index in [4.69, 9.17) is 16.0 Å². The Kier molecular flexibility index (Phi) is 3.40. The lowest BCUT2D eigenvalue weighted by Crippen LogP contribution is -2.02. The highest BCUT2D eigenvalue weighted by atomic mass is 35.5. The average Bonchev–Trinajstić information content (AvgIpc) is 2.47. The van der Waals surface area contributed by atoms with Crippen molar-refractivity contribution in [3.63, 3.8) is 0 Å². The molecule has 0 unspecified atom stereocenters. The number of hydrogen-bond acceptors (Lipinski definition) is 2. The Hall–Kier alpha value is -2.32. The van der Waals surface area contributed by atoms with Gasteiger partial charge < -0.3 is 4.42 Å². The highest BCUT2D eigenvalue weighted by Crippen LogP contribution is 2.15. The molecule has 0 saturated carbocycles. The van der Waals surface area contributed by atoms with Crippen molar-refractivity contribution in [1.29, 1.82) is 0 Å². The van der Waals surface area contributed by atoms with Crippen LogP contribution in [0.3, 0.4) is 0 Å². The predicted octanol–water partition coefficient (Wildman–Crippen LogP) is 4.62. The molecule has 0 bridgehead atoms. The molecule has 0 fully saturated rings. The molecule has 0 aliphatic rings. The Bertz CT molecular complexity index is 829. The van der Waals surface area contributed by atoms with Gasteiger partial charge in [0.2, 0.25) is 0 Å². The highest BCUT2D eigenvalue weighted by molar-refractivity contribution is 6.30. The molecular formula is C17H11ClO2. The monoisotopic (exact) mass is 282 g/mol. The van der Waals surface area contributed by atoms with Crippen LogP contribution < -0.4 is 5.63 Å². The van der Waals surface area contributed by atoms with Crippen LogP contribution in [0.15, 0.2) is 63.8 Å². The van der Waals surface area contributed by atoms with Crippen LogP contribution in [0.1, 0.15) is 11.1 Å². The van der Waals surface area contributed by atoms with E-state index in [1.165, 1.54) is 0 Å². The minimum absolute atomic E-state index is 0.339. The highest BCUT2D eigenvalue weighted by Gasteiger charge is 2.01. The molecule has 1 aromatic heterocycles. The number of benzene rings is 2. The Balaban J connectivity index is 2.00. The van der Waals surface area contributed by atoms with Gasteiger partial charge in [-0.2, -0.15) is 0 Å². The van der Waals surface area contributed by atoms with Gasteiger partial charge in [0.05, 0.1) is 5.56 Å². The van der Waals surface area contributed by atoms with Crippen molar-refractivity contribution in [3.05, 3.63) is 81.2 Å². The Morgan fingerprint density at radius 1 is 0.950 bits per heavy atom. The normalized spacial score (nSPS) is 11.2. The van der Waals surface area contributed by atoms with E-state index in [0.29, 0.717) is 16.2 Å². The summed E-state index contributed by atoms with van der Waals surface area (Å²) in [6.07, 6.45) is 3.61. The average molecular weight is 283 g/mol. The Labute approximate surface area is 120 Å². The second-order valence-electron chi connectivity index (χ2n) is 4.41. The van der Waals surface area contributed by atoms with Crippen LogP contribution in [-0.2, 0) is 0 Å². The number of rotatable bonds is 2. The topological polar surface area (TPSA) is 30.2 Å².